The van der Waals surface area contributed by atoms with Gasteiger partial charge < -0.3 is 19.8 Å². The number of methoxy groups -OCH3 is 1. The fourth-order valence-corrected chi connectivity index (χ4v) is 8.07. The molecule has 0 saturated carbocycles. The number of hydrogen-bond donors (Lipinski definition) is 2. The van der Waals surface area contributed by atoms with Gasteiger partial charge in [-0.1, -0.05) is 64.0 Å². The van der Waals surface area contributed by atoms with E-state index in [2.05, 4.69) is 10.3 Å². The number of nitrogens with one attached hydrogen (secondary N) is 2. The number of rotatable bonds is 7. The van der Waals surface area contributed by atoms with Gasteiger partial charge in [-0.15, -0.1) is 0 Å². The maximum absolute atomic E-state index is 13.9. The van der Waals surface area contributed by atoms with Crippen LogP contribution in [0.2, 0.25) is 15.1 Å². The number of thiazole rings is 1. The molecule has 0 aliphatic carbocycles. The third kappa shape index (κ3) is 5.63. The van der Waals surface area contributed by atoms with Crippen molar-refractivity contribution in [2.75, 3.05) is 23.9 Å². The van der Waals surface area contributed by atoms with Crippen LogP contribution in [0, 0.1) is 5.92 Å². The van der Waals surface area contributed by atoms with Crippen LogP contribution >= 0.6 is 57.9 Å². The van der Waals surface area contributed by atoms with Crippen LogP contribution in [-0.4, -0.2) is 41.7 Å². The highest BCUT2D eigenvalue weighted by atomic mass is 35.5. The molecule has 3 amide bonds. The van der Waals surface area contributed by atoms with Crippen molar-refractivity contribution in [3.8, 4) is 11.5 Å². The van der Waals surface area contributed by atoms with Gasteiger partial charge in [-0.25, -0.2) is 4.90 Å². The van der Waals surface area contributed by atoms with E-state index in [9.17, 15) is 19.2 Å². The number of halogens is 3. The van der Waals surface area contributed by atoms with E-state index in [0.29, 0.717) is 47.7 Å². The zero-order valence-corrected chi connectivity index (χ0v) is 26.0. The number of imide groups is 1. The molecule has 0 spiro atoms. The monoisotopic (exact) mass is 675 g/mol. The number of fused-ring (bicyclic) bond motifs is 2. The normalized spacial score (nSPS) is 19.2. The molecule has 3 atom stereocenters. The molecule has 3 heterocycles. The number of hydrogen-bond acceptors (Lipinski definition) is 8. The van der Waals surface area contributed by atoms with Crippen molar-refractivity contribution in [2.45, 2.75) is 16.2 Å². The summed E-state index contributed by atoms with van der Waals surface area (Å²) in [6, 6.07) is 16.3. The number of aromatic amines is 1. The van der Waals surface area contributed by atoms with E-state index in [1.807, 2.05) is 0 Å². The summed E-state index contributed by atoms with van der Waals surface area (Å²) >= 11 is 20.2. The van der Waals surface area contributed by atoms with Crippen LogP contribution < -0.4 is 24.6 Å². The van der Waals surface area contributed by atoms with Gasteiger partial charge in [0.15, 0.2) is 18.1 Å². The van der Waals surface area contributed by atoms with Crippen LogP contribution in [0.3, 0.4) is 0 Å². The summed E-state index contributed by atoms with van der Waals surface area (Å²) in [5.41, 5.74) is 1.53. The molecular formula is C29H20Cl3N3O6S2. The number of aromatic nitrogens is 1. The molecule has 3 unspecified atom stereocenters. The third-order valence-corrected chi connectivity index (χ3v) is 10.4. The van der Waals surface area contributed by atoms with Crippen LogP contribution in [0.25, 0.3) is 0 Å². The molecule has 2 N–H and O–H groups in total. The van der Waals surface area contributed by atoms with E-state index < -0.39 is 23.0 Å². The Morgan fingerprint density at radius 1 is 0.953 bits per heavy atom. The first-order valence-corrected chi connectivity index (χ1v) is 15.6. The Hall–Kier alpha value is -3.48. The van der Waals surface area contributed by atoms with Gasteiger partial charge in [0.05, 0.1) is 33.8 Å². The lowest BCUT2D eigenvalue weighted by molar-refractivity contribution is -0.122. The van der Waals surface area contributed by atoms with Crippen molar-refractivity contribution >= 4 is 87.0 Å². The Bertz CT molecular complexity index is 1830. The van der Waals surface area contributed by atoms with E-state index in [-0.39, 0.29) is 29.0 Å². The average molecular weight is 677 g/mol. The molecule has 1 aromatic heterocycles. The Morgan fingerprint density at radius 3 is 2.44 bits per heavy atom. The molecule has 3 aromatic carbocycles. The lowest BCUT2D eigenvalue weighted by atomic mass is 9.83. The van der Waals surface area contributed by atoms with Crippen LogP contribution in [-0.2, 0) is 14.4 Å². The molecule has 9 nitrogen and oxygen atoms in total. The summed E-state index contributed by atoms with van der Waals surface area (Å²) in [7, 11) is 1.45. The second-order valence-corrected chi connectivity index (χ2v) is 13.0. The van der Waals surface area contributed by atoms with Gasteiger partial charge in [0.1, 0.15) is 5.25 Å². The molecular weight excluding hydrogens is 657 g/mol. The quantitative estimate of drug-likeness (QED) is 0.223. The van der Waals surface area contributed by atoms with Gasteiger partial charge in [0.2, 0.25) is 11.8 Å². The van der Waals surface area contributed by atoms with Crippen molar-refractivity contribution in [1.82, 2.24) is 4.98 Å². The smallest absolute Gasteiger partial charge is 0.305 e. The number of benzene rings is 3. The minimum Gasteiger partial charge on any atom is -0.493 e. The molecule has 0 radical (unpaired) electrons. The van der Waals surface area contributed by atoms with Gasteiger partial charge in [-0.2, -0.15) is 0 Å². The number of thioether (sulfide) groups is 1. The van der Waals surface area contributed by atoms with Gasteiger partial charge in [0.25, 0.3) is 5.91 Å². The van der Waals surface area contributed by atoms with E-state index >= 15 is 0 Å². The second-order valence-electron chi connectivity index (χ2n) is 9.61. The molecule has 2 aliphatic rings. The minimum absolute atomic E-state index is 0.281. The summed E-state index contributed by atoms with van der Waals surface area (Å²) < 4.78 is 11.3. The minimum atomic E-state index is -0.777. The SMILES string of the molecule is COc1cc(C2c3sc(=O)[nH]c3SC3C(=O)N(c4ccc(Cl)cc4)C(=O)C32)ccc1OCC(=O)Nc1ccc(Cl)c(Cl)c1. The highest BCUT2D eigenvalue weighted by Crippen LogP contribution is 2.53. The largest absolute Gasteiger partial charge is 0.493 e. The molecule has 1 saturated heterocycles. The average Bonchev–Trinajstić information content (AvgIpc) is 3.48. The number of anilines is 2. The Kier molecular flexibility index (Phi) is 8.18. The summed E-state index contributed by atoms with van der Waals surface area (Å²) in [5, 5.41) is 3.63. The van der Waals surface area contributed by atoms with E-state index in [4.69, 9.17) is 44.3 Å². The van der Waals surface area contributed by atoms with Gasteiger partial charge in [0, 0.05) is 21.5 Å². The zero-order chi connectivity index (χ0) is 30.4. The zero-order valence-electron chi connectivity index (χ0n) is 22.1. The van der Waals surface area contributed by atoms with Crippen LogP contribution in [0.15, 0.2) is 70.5 Å². The molecule has 4 aromatic rings. The molecule has 6 rings (SSSR count). The second kappa shape index (κ2) is 11.9. The van der Waals surface area contributed by atoms with Crippen molar-refractivity contribution < 1.29 is 23.9 Å². The molecule has 220 valence electrons. The van der Waals surface area contributed by atoms with Crippen LogP contribution in [0.5, 0.6) is 11.5 Å². The summed E-state index contributed by atoms with van der Waals surface area (Å²) in [4.78, 5) is 56.8. The van der Waals surface area contributed by atoms with E-state index in [1.54, 1.807) is 54.6 Å². The van der Waals surface area contributed by atoms with Gasteiger partial charge >= 0.3 is 4.87 Å². The summed E-state index contributed by atoms with van der Waals surface area (Å²) in [6.45, 7) is -0.326. The number of H-pyrrole nitrogens is 1. The Balaban J connectivity index is 1.28. The van der Waals surface area contributed by atoms with Gasteiger partial charge in [-0.05, 0) is 60.2 Å². The highest BCUT2D eigenvalue weighted by molar-refractivity contribution is 8.00. The highest BCUT2D eigenvalue weighted by Gasteiger charge is 2.56. The first kappa shape index (κ1) is 29.6. The lowest BCUT2D eigenvalue weighted by Gasteiger charge is -2.30. The van der Waals surface area contributed by atoms with Crippen molar-refractivity contribution in [2.24, 2.45) is 5.92 Å². The summed E-state index contributed by atoms with van der Waals surface area (Å²) in [6.07, 6.45) is 0. The Morgan fingerprint density at radius 2 is 1.72 bits per heavy atom. The van der Waals surface area contributed by atoms with E-state index in [0.717, 1.165) is 11.3 Å². The molecule has 14 heteroatoms. The fourth-order valence-electron chi connectivity index (χ4n) is 5.13. The number of nitrogens with zero attached hydrogens (tertiary/aromatic N) is 1. The number of amides is 3. The van der Waals surface area contributed by atoms with Crippen molar-refractivity contribution in [3.63, 3.8) is 0 Å². The molecule has 0 bridgehead atoms. The molecule has 2 aliphatic heterocycles. The lowest BCUT2D eigenvalue weighted by Crippen LogP contribution is -2.32. The van der Waals surface area contributed by atoms with Gasteiger partial charge in [-0.3, -0.25) is 19.2 Å². The number of ether oxygens (including phenoxy) is 2. The van der Waals surface area contributed by atoms with Crippen LogP contribution in [0.4, 0.5) is 11.4 Å². The van der Waals surface area contributed by atoms with E-state index in [1.165, 1.54) is 29.8 Å². The summed E-state index contributed by atoms with van der Waals surface area (Å²) in [5.74, 6) is -1.97. The van der Waals surface area contributed by atoms with Crippen molar-refractivity contribution in [1.29, 1.82) is 0 Å². The molecule has 43 heavy (non-hydrogen) atoms. The number of carbonyl (C=O) groups excluding carboxylic acids is 3. The first-order valence-electron chi connectivity index (χ1n) is 12.7. The third-order valence-electron chi connectivity index (χ3n) is 7.02. The van der Waals surface area contributed by atoms with Crippen LogP contribution in [0.1, 0.15) is 16.4 Å². The first-order chi connectivity index (χ1) is 20.6. The standard InChI is InChI=1S/C29H20Cl3N3O6S2/c1-40-20-10-13(2-9-19(20)41-12-21(36)33-15-5-8-17(31)18(32)11-15)22-23-25(42-26-24(22)43-29(39)34-26)28(38)35(27(23)37)16-6-3-14(30)4-7-16/h2-11,22-23,25H,12H2,1H3,(H,33,36)(H,34,39). The topological polar surface area (TPSA) is 118 Å². The van der Waals surface area contributed by atoms with Crippen molar-refractivity contribution in [3.05, 3.63) is 95.8 Å². The predicted octanol–water partition coefficient (Wildman–Crippen LogP) is 6.22. The number of carbonyl (C=O) groups is 3. The predicted molar refractivity (Wildman–Crippen MR) is 167 cm³/mol. The maximum Gasteiger partial charge on any atom is 0.305 e. The Labute approximate surface area is 268 Å². The fraction of sp³-hybridized carbons (Fsp3) is 0.172. The maximum atomic E-state index is 13.9. The molecule has 1 fully saturated rings.